The second-order valence-electron chi connectivity index (χ2n) is 2.62. The fourth-order valence-electron chi connectivity index (χ4n) is 1.03. The van der Waals surface area contributed by atoms with Crippen molar-refractivity contribution in [1.82, 2.24) is 9.78 Å². The van der Waals surface area contributed by atoms with Crippen LogP contribution in [-0.4, -0.2) is 22.4 Å². The number of rotatable bonds is 3. The summed E-state index contributed by atoms with van der Waals surface area (Å²) in [4.78, 5) is 11.3. The molecule has 0 aliphatic carbocycles. The molecule has 4 nitrogen and oxygen atoms in total. The second-order valence-corrected chi connectivity index (χ2v) is 3.01. The van der Waals surface area contributed by atoms with Crippen LogP contribution in [0.25, 0.3) is 0 Å². The lowest BCUT2D eigenvalue weighted by Gasteiger charge is -2.00. The van der Waals surface area contributed by atoms with Gasteiger partial charge in [-0.25, -0.2) is 9.18 Å². The number of halogens is 2. The number of carbonyl (C=O) groups is 1. The lowest BCUT2D eigenvalue weighted by atomic mass is 10.2. The Morgan fingerprint density at radius 2 is 2.50 bits per heavy atom. The van der Waals surface area contributed by atoms with Crippen molar-refractivity contribution in [2.45, 2.75) is 12.6 Å². The van der Waals surface area contributed by atoms with Crippen LogP contribution in [0.2, 0.25) is 0 Å². The number of carbonyl (C=O) groups excluding carboxylic acids is 1. The van der Waals surface area contributed by atoms with Gasteiger partial charge in [-0.15, -0.1) is 0 Å². The summed E-state index contributed by atoms with van der Waals surface area (Å²) in [7, 11) is 1.57. The van der Waals surface area contributed by atoms with Gasteiger partial charge in [0.15, 0.2) is 0 Å². The molecule has 0 saturated heterocycles. The number of aromatic nitrogens is 2. The van der Waals surface area contributed by atoms with Gasteiger partial charge >= 0.3 is 5.97 Å². The van der Waals surface area contributed by atoms with E-state index in [0.29, 0.717) is 0 Å². The minimum absolute atomic E-state index is 0.0665. The Labute approximate surface area is 85.6 Å². The highest BCUT2D eigenvalue weighted by molar-refractivity contribution is 6.20. The van der Waals surface area contributed by atoms with Crippen molar-refractivity contribution in [3.05, 3.63) is 17.5 Å². The molecule has 1 rings (SSSR count). The Bertz CT molecular complexity index is 338. The van der Waals surface area contributed by atoms with E-state index in [0.717, 1.165) is 0 Å². The molecule has 1 aromatic rings. The molecule has 0 amide bonds. The molecule has 0 bridgehead atoms. The van der Waals surface area contributed by atoms with E-state index in [9.17, 15) is 9.18 Å². The number of ether oxygens (including phenoxy) is 1. The van der Waals surface area contributed by atoms with Crippen molar-refractivity contribution in [1.29, 1.82) is 0 Å². The van der Waals surface area contributed by atoms with Crippen LogP contribution in [0.3, 0.4) is 0 Å². The van der Waals surface area contributed by atoms with Crippen LogP contribution in [-0.2, 0) is 11.8 Å². The molecule has 1 atom stereocenters. The van der Waals surface area contributed by atoms with Gasteiger partial charge < -0.3 is 4.74 Å². The quantitative estimate of drug-likeness (QED) is 0.576. The molecule has 78 valence electrons. The molecule has 6 heteroatoms. The third-order valence-corrected chi connectivity index (χ3v) is 1.77. The van der Waals surface area contributed by atoms with Crippen LogP contribution in [0.15, 0.2) is 6.20 Å². The number of hydrogen-bond acceptors (Lipinski definition) is 3. The van der Waals surface area contributed by atoms with E-state index in [2.05, 4.69) is 5.10 Å². The highest BCUT2D eigenvalue weighted by Gasteiger charge is 2.22. The first kappa shape index (κ1) is 11.0. The van der Waals surface area contributed by atoms with Crippen LogP contribution in [0.4, 0.5) is 4.39 Å². The maximum Gasteiger partial charge on any atom is 0.341 e. The summed E-state index contributed by atoms with van der Waals surface area (Å²) in [5, 5.41) is 3.72. The van der Waals surface area contributed by atoms with Crippen molar-refractivity contribution in [2.24, 2.45) is 7.05 Å². The van der Waals surface area contributed by atoms with Crippen molar-refractivity contribution in [3.8, 4) is 0 Å². The van der Waals surface area contributed by atoms with E-state index in [4.69, 9.17) is 16.3 Å². The van der Waals surface area contributed by atoms with Gasteiger partial charge in [0.2, 0.25) is 5.63 Å². The van der Waals surface area contributed by atoms with Crippen molar-refractivity contribution in [2.75, 3.05) is 6.61 Å². The van der Waals surface area contributed by atoms with Gasteiger partial charge in [-0.3, -0.25) is 4.68 Å². The van der Waals surface area contributed by atoms with Crippen molar-refractivity contribution in [3.63, 3.8) is 0 Å². The predicted molar refractivity (Wildman–Crippen MR) is 48.9 cm³/mol. The van der Waals surface area contributed by atoms with E-state index < -0.39 is 11.6 Å². The highest BCUT2D eigenvalue weighted by Crippen LogP contribution is 2.23. The molecule has 0 N–H and O–H groups in total. The first-order chi connectivity index (χ1) is 6.56. The molecule has 14 heavy (non-hydrogen) atoms. The Kier molecular flexibility index (Phi) is 3.46. The molecule has 0 aliphatic rings. The third kappa shape index (κ3) is 2.23. The monoisotopic (exact) mass is 220 g/mol. The Balaban J connectivity index is 3.00. The smallest absolute Gasteiger partial charge is 0.341 e. The molecule has 0 radical (unpaired) electrons. The number of aryl methyl sites for hydroxylation is 1. The van der Waals surface area contributed by atoms with E-state index in [-0.39, 0.29) is 17.9 Å². The summed E-state index contributed by atoms with van der Waals surface area (Å²) in [5.41, 5.74) is -1.83. The summed E-state index contributed by atoms with van der Waals surface area (Å²) >= 11 is 5.22. The molecule has 0 fully saturated rings. The van der Waals surface area contributed by atoms with E-state index in [1.807, 2.05) is 0 Å². The number of hydrogen-bond donors (Lipinski definition) is 0. The van der Waals surface area contributed by atoms with Gasteiger partial charge in [-0.05, 0) is 6.92 Å². The zero-order valence-corrected chi connectivity index (χ0v) is 8.58. The van der Waals surface area contributed by atoms with Crippen LogP contribution in [0, 0.1) is 0 Å². The normalized spacial score (nSPS) is 12.6. The summed E-state index contributed by atoms with van der Waals surface area (Å²) < 4.78 is 18.8. The lowest BCUT2D eigenvalue weighted by molar-refractivity contribution is 0.0524. The largest absolute Gasteiger partial charge is 0.462 e. The van der Waals surface area contributed by atoms with E-state index >= 15 is 0 Å². The number of nitrogens with zero attached hydrogens (tertiary/aromatic N) is 2. The average molecular weight is 221 g/mol. The van der Waals surface area contributed by atoms with Crippen molar-refractivity contribution < 1.29 is 13.9 Å². The summed E-state index contributed by atoms with van der Waals surface area (Å²) in [6.07, 6.45) is 1.38. The third-order valence-electron chi connectivity index (χ3n) is 1.56. The van der Waals surface area contributed by atoms with E-state index in [1.165, 1.54) is 10.9 Å². The van der Waals surface area contributed by atoms with Crippen LogP contribution in [0.5, 0.6) is 0 Å². The van der Waals surface area contributed by atoms with Gasteiger partial charge in [0.25, 0.3) is 0 Å². The molecule has 0 spiro atoms. The Hall–Kier alpha value is -1.10. The highest BCUT2D eigenvalue weighted by atomic mass is 35.5. The molecular formula is C8H10ClFN2O2. The zero-order chi connectivity index (χ0) is 10.7. The first-order valence-electron chi connectivity index (χ1n) is 4.05. The molecular weight excluding hydrogens is 211 g/mol. The van der Waals surface area contributed by atoms with Gasteiger partial charge in [0.05, 0.1) is 6.61 Å². The molecule has 0 saturated carbocycles. The van der Waals surface area contributed by atoms with Gasteiger partial charge in [-0.2, -0.15) is 5.10 Å². The molecule has 1 aromatic heterocycles. The van der Waals surface area contributed by atoms with Crippen LogP contribution in [0.1, 0.15) is 28.6 Å². The van der Waals surface area contributed by atoms with Gasteiger partial charge in [0, 0.05) is 13.2 Å². The first-order valence-corrected chi connectivity index (χ1v) is 4.48. The zero-order valence-electron chi connectivity index (χ0n) is 7.83. The Morgan fingerprint density at radius 3 is 3.00 bits per heavy atom. The maximum atomic E-state index is 12.8. The Morgan fingerprint density at radius 1 is 1.86 bits per heavy atom. The summed E-state index contributed by atoms with van der Waals surface area (Å²) in [6.45, 7) is 1.90. The topological polar surface area (TPSA) is 44.1 Å². The van der Waals surface area contributed by atoms with E-state index in [1.54, 1.807) is 14.0 Å². The van der Waals surface area contributed by atoms with Crippen LogP contribution < -0.4 is 0 Å². The molecule has 0 aromatic carbocycles. The molecule has 1 heterocycles. The second kappa shape index (κ2) is 4.41. The van der Waals surface area contributed by atoms with Gasteiger partial charge in [-0.1, -0.05) is 11.6 Å². The SMILES string of the molecule is CCOC(=O)c1cn(C)nc1C(F)Cl. The minimum atomic E-state index is -1.80. The average Bonchev–Trinajstić information content (AvgIpc) is 2.48. The minimum Gasteiger partial charge on any atom is -0.462 e. The lowest BCUT2D eigenvalue weighted by Crippen LogP contribution is -2.06. The standard InChI is InChI=1S/C8H10ClFN2O2/c1-3-14-8(13)5-4-12(2)11-6(5)7(9)10/h4,7H,3H2,1-2H3. The van der Waals surface area contributed by atoms with Crippen LogP contribution >= 0.6 is 11.6 Å². The fraction of sp³-hybridized carbons (Fsp3) is 0.500. The number of esters is 1. The fourth-order valence-corrected chi connectivity index (χ4v) is 1.19. The summed E-state index contributed by atoms with van der Waals surface area (Å²) in [5.74, 6) is -0.612. The predicted octanol–water partition coefficient (Wildman–Crippen LogP) is 1.80. The maximum absolute atomic E-state index is 12.8. The van der Waals surface area contributed by atoms with Gasteiger partial charge in [0.1, 0.15) is 11.3 Å². The van der Waals surface area contributed by atoms with Crippen molar-refractivity contribution >= 4 is 17.6 Å². The molecule has 1 unspecified atom stereocenters. The molecule has 0 aliphatic heterocycles. The number of alkyl halides is 2. The summed E-state index contributed by atoms with van der Waals surface area (Å²) in [6, 6.07) is 0.